The van der Waals surface area contributed by atoms with Crippen LogP contribution in [0.5, 0.6) is 6.01 Å². The summed E-state index contributed by atoms with van der Waals surface area (Å²) in [5.41, 5.74) is 0. The van der Waals surface area contributed by atoms with Crippen molar-refractivity contribution in [3.63, 3.8) is 0 Å². The summed E-state index contributed by atoms with van der Waals surface area (Å²) in [5.74, 6) is 0.500. The predicted octanol–water partition coefficient (Wildman–Crippen LogP) is 3.51. The zero-order chi connectivity index (χ0) is 14.4. The van der Waals surface area contributed by atoms with E-state index >= 15 is 0 Å². The Hall–Kier alpha value is -1.53. The van der Waals surface area contributed by atoms with Crippen LogP contribution in [0.1, 0.15) is 13.8 Å². The van der Waals surface area contributed by atoms with Crippen LogP contribution in [0.2, 0.25) is 5.02 Å². The van der Waals surface area contributed by atoms with Gasteiger partial charge in [-0.3, -0.25) is 0 Å². The third-order valence-corrected chi connectivity index (χ3v) is 3.62. The molecule has 2 rings (SSSR count). The van der Waals surface area contributed by atoms with Crippen LogP contribution in [0.15, 0.2) is 34.3 Å². The zero-order valence-corrected chi connectivity index (χ0v) is 12.8. The molecule has 106 valence electrons. The molecule has 1 heterocycles. The van der Waals surface area contributed by atoms with Crippen LogP contribution in [0.25, 0.3) is 0 Å². The van der Waals surface area contributed by atoms with Crippen molar-refractivity contribution in [2.45, 2.75) is 23.9 Å². The number of rotatable bonds is 6. The molecule has 0 unspecified atom stereocenters. The Morgan fingerprint density at radius 1 is 1.20 bits per heavy atom. The number of nitrogens with zero attached hydrogens (tertiary/aromatic N) is 3. The molecule has 0 bridgehead atoms. The predicted molar refractivity (Wildman–Crippen MR) is 80.7 cm³/mol. The van der Waals surface area contributed by atoms with Gasteiger partial charge in [-0.05, 0) is 37.7 Å². The van der Waals surface area contributed by atoms with Gasteiger partial charge in [0.15, 0.2) is 0 Å². The van der Waals surface area contributed by atoms with E-state index in [1.165, 1.54) is 11.8 Å². The van der Waals surface area contributed by atoms with Gasteiger partial charge >= 0.3 is 6.01 Å². The molecule has 1 aromatic heterocycles. The van der Waals surface area contributed by atoms with Crippen molar-refractivity contribution < 1.29 is 4.74 Å². The monoisotopic (exact) mass is 310 g/mol. The fourth-order valence-corrected chi connectivity index (χ4v) is 2.46. The summed E-state index contributed by atoms with van der Waals surface area (Å²) in [4.78, 5) is 13.7. The van der Waals surface area contributed by atoms with Gasteiger partial charge in [0.1, 0.15) is 0 Å². The molecule has 0 atom stereocenters. The Kier molecular flexibility index (Phi) is 5.43. The Morgan fingerprint density at radius 2 is 2.00 bits per heavy atom. The largest absolute Gasteiger partial charge is 0.464 e. The smallest absolute Gasteiger partial charge is 0.322 e. The van der Waals surface area contributed by atoms with E-state index in [-0.39, 0.29) is 0 Å². The summed E-state index contributed by atoms with van der Waals surface area (Å²) in [6.45, 7) is 5.10. The van der Waals surface area contributed by atoms with E-state index in [0.717, 1.165) is 11.4 Å². The topological polar surface area (TPSA) is 59.9 Å². The average Bonchev–Trinajstić information content (AvgIpc) is 2.42. The molecule has 2 aromatic rings. The molecule has 0 aliphatic carbocycles. The van der Waals surface area contributed by atoms with Crippen molar-refractivity contribution in [3.05, 3.63) is 29.3 Å². The third-order valence-electron chi connectivity index (χ3n) is 2.24. The highest BCUT2D eigenvalue weighted by atomic mass is 35.5. The Labute approximate surface area is 127 Å². The number of ether oxygens (including phenoxy) is 1. The second kappa shape index (κ2) is 7.31. The van der Waals surface area contributed by atoms with Crippen LogP contribution in [-0.4, -0.2) is 28.1 Å². The Morgan fingerprint density at radius 3 is 2.70 bits per heavy atom. The second-order valence-corrected chi connectivity index (χ2v) is 5.14. The first-order valence-corrected chi connectivity index (χ1v) is 7.47. The Balaban J connectivity index is 2.28. The number of nitrogens with one attached hydrogen (secondary N) is 1. The van der Waals surface area contributed by atoms with Gasteiger partial charge in [0.25, 0.3) is 0 Å². The van der Waals surface area contributed by atoms with Crippen LogP contribution in [0.3, 0.4) is 0 Å². The van der Waals surface area contributed by atoms with Gasteiger partial charge in [-0.1, -0.05) is 23.7 Å². The lowest BCUT2D eigenvalue weighted by Gasteiger charge is -2.08. The zero-order valence-electron chi connectivity index (χ0n) is 11.3. The average molecular weight is 311 g/mol. The minimum absolute atomic E-state index is 0.313. The summed E-state index contributed by atoms with van der Waals surface area (Å²) >= 11 is 7.52. The summed E-state index contributed by atoms with van der Waals surface area (Å²) in [6, 6.07) is 7.87. The Bertz CT molecular complexity index is 558. The SMILES string of the molecule is CCNc1nc(OCC)nc(Sc2ccccc2Cl)n1. The molecule has 20 heavy (non-hydrogen) atoms. The minimum atomic E-state index is 0.313. The molecule has 0 amide bonds. The van der Waals surface area contributed by atoms with Gasteiger partial charge in [-0.15, -0.1) is 0 Å². The lowest BCUT2D eigenvalue weighted by Crippen LogP contribution is -2.07. The standard InChI is InChI=1S/C13H15ClN4OS/c1-3-15-11-16-12(19-4-2)18-13(17-11)20-10-8-6-5-7-9(10)14/h5-8H,3-4H2,1-2H3,(H,15,16,17,18). The van der Waals surface area contributed by atoms with Crippen LogP contribution >= 0.6 is 23.4 Å². The first kappa shape index (κ1) is 14.9. The van der Waals surface area contributed by atoms with Crippen LogP contribution < -0.4 is 10.1 Å². The van der Waals surface area contributed by atoms with Crippen molar-refractivity contribution >= 4 is 29.3 Å². The summed E-state index contributed by atoms with van der Waals surface area (Å²) < 4.78 is 5.35. The van der Waals surface area contributed by atoms with Gasteiger partial charge in [0.05, 0.1) is 11.6 Å². The molecule has 0 radical (unpaired) electrons. The fourth-order valence-electron chi connectivity index (χ4n) is 1.44. The van der Waals surface area contributed by atoms with Crippen molar-refractivity contribution in [3.8, 4) is 6.01 Å². The highest BCUT2D eigenvalue weighted by Crippen LogP contribution is 2.31. The molecule has 0 saturated carbocycles. The molecule has 0 spiro atoms. The number of anilines is 1. The van der Waals surface area contributed by atoms with Crippen molar-refractivity contribution in [2.24, 2.45) is 0 Å². The minimum Gasteiger partial charge on any atom is -0.464 e. The lowest BCUT2D eigenvalue weighted by molar-refractivity contribution is 0.308. The van der Waals surface area contributed by atoms with Gasteiger partial charge in [-0.2, -0.15) is 15.0 Å². The third kappa shape index (κ3) is 3.98. The van der Waals surface area contributed by atoms with Crippen molar-refractivity contribution in [1.82, 2.24) is 15.0 Å². The molecule has 0 aliphatic rings. The summed E-state index contributed by atoms with van der Waals surface area (Å²) in [5, 5.41) is 4.27. The number of hydrogen-bond donors (Lipinski definition) is 1. The molecular formula is C13H15ClN4OS. The van der Waals surface area contributed by atoms with E-state index in [1.807, 2.05) is 38.1 Å². The summed E-state index contributed by atoms with van der Waals surface area (Å²) in [6.07, 6.45) is 0. The van der Waals surface area contributed by atoms with E-state index in [1.54, 1.807) is 0 Å². The van der Waals surface area contributed by atoms with Gasteiger partial charge < -0.3 is 10.1 Å². The molecule has 1 aromatic carbocycles. The van der Waals surface area contributed by atoms with E-state index in [4.69, 9.17) is 16.3 Å². The van der Waals surface area contributed by atoms with Crippen LogP contribution in [0, 0.1) is 0 Å². The number of benzene rings is 1. The van der Waals surface area contributed by atoms with Gasteiger partial charge in [0.2, 0.25) is 11.1 Å². The lowest BCUT2D eigenvalue weighted by atomic mass is 10.4. The van der Waals surface area contributed by atoms with Crippen LogP contribution in [-0.2, 0) is 0 Å². The number of halogens is 1. The van der Waals surface area contributed by atoms with Crippen LogP contribution in [0.4, 0.5) is 5.95 Å². The van der Waals surface area contributed by atoms with E-state index in [2.05, 4.69) is 20.3 Å². The quantitative estimate of drug-likeness (QED) is 0.881. The highest BCUT2D eigenvalue weighted by molar-refractivity contribution is 7.99. The molecule has 0 aliphatic heterocycles. The van der Waals surface area contributed by atoms with Crippen molar-refractivity contribution in [1.29, 1.82) is 0 Å². The first-order chi connectivity index (χ1) is 9.72. The fraction of sp³-hybridized carbons (Fsp3) is 0.308. The van der Waals surface area contributed by atoms with E-state index in [0.29, 0.717) is 28.7 Å². The van der Waals surface area contributed by atoms with E-state index < -0.39 is 0 Å². The normalized spacial score (nSPS) is 10.3. The maximum Gasteiger partial charge on any atom is 0.322 e. The molecule has 5 nitrogen and oxygen atoms in total. The maximum atomic E-state index is 6.14. The molecular weight excluding hydrogens is 296 g/mol. The first-order valence-electron chi connectivity index (χ1n) is 6.28. The highest BCUT2D eigenvalue weighted by Gasteiger charge is 2.10. The van der Waals surface area contributed by atoms with Gasteiger partial charge in [-0.25, -0.2) is 0 Å². The molecule has 1 N–H and O–H groups in total. The molecule has 7 heteroatoms. The second-order valence-electron chi connectivity index (χ2n) is 3.72. The summed E-state index contributed by atoms with van der Waals surface area (Å²) in [7, 11) is 0. The molecule has 0 saturated heterocycles. The maximum absolute atomic E-state index is 6.14. The number of aromatic nitrogens is 3. The molecule has 0 fully saturated rings. The van der Waals surface area contributed by atoms with E-state index in [9.17, 15) is 0 Å². The van der Waals surface area contributed by atoms with Crippen molar-refractivity contribution in [2.75, 3.05) is 18.5 Å². The number of hydrogen-bond acceptors (Lipinski definition) is 6. The van der Waals surface area contributed by atoms with Gasteiger partial charge in [0, 0.05) is 11.4 Å².